The highest BCUT2D eigenvalue weighted by atomic mass is 32.1. The zero-order chi connectivity index (χ0) is 28.3. The van der Waals surface area contributed by atoms with Gasteiger partial charge in [-0.15, -0.1) is 11.3 Å². The third-order valence-electron chi connectivity index (χ3n) is 8.56. The number of ketones is 2. The summed E-state index contributed by atoms with van der Waals surface area (Å²) in [6, 6.07) is 22.4. The van der Waals surface area contributed by atoms with E-state index in [2.05, 4.69) is 5.32 Å². The first-order chi connectivity index (χ1) is 20.0. The minimum absolute atomic E-state index is 0.205. The summed E-state index contributed by atoms with van der Waals surface area (Å²) in [6.07, 6.45) is 3.82. The number of amides is 1. The molecule has 1 aromatic heterocycles. The highest BCUT2D eigenvalue weighted by Crippen LogP contribution is 2.62. The van der Waals surface area contributed by atoms with Crippen molar-refractivity contribution in [3.63, 3.8) is 0 Å². The molecule has 3 aliphatic heterocycles. The Kier molecular flexibility index (Phi) is 5.83. The second-order valence-electron chi connectivity index (χ2n) is 10.4. The van der Waals surface area contributed by atoms with Crippen molar-refractivity contribution in [3.05, 3.63) is 118 Å². The van der Waals surface area contributed by atoms with Gasteiger partial charge in [0.15, 0.2) is 11.6 Å². The first kappa shape index (κ1) is 25.3. The number of hydrogen-bond donors (Lipinski definition) is 1. The number of Topliss-reactive ketones (excluding diaryl/α,β-unsaturated/α-hetero) is 2. The number of ether oxygens (including phenoxy) is 2. The fourth-order valence-electron chi connectivity index (χ4n) is 6.91. The average Bonchev–Trinajstić information content (AvgIpc) is 3.73. The average molecular weight is 563 g/mol. The minimum Gasteiger partial charge on any atom is -0.497 e. The number of nitrogens with one attached hydrogen (secondary N) is 1. The van der Waals surface area contributed by atoms with E-state index in [-0.39, 0.29) is 23.0 Å². The smallest absolute Gasteiger partial charge is 0.238 e. The van der Waals surface area contributed by atoms with E-state index in [0.717, 1.165) is 11.1 Å². The van der Waals surface area contributed by atoms with Crippen LogP contribution in [0.2, 0.25) is 0 Å². The van der Waals surface area contributed by atoms with Crippen LogP contribution in [-0.2, 0) is 10.2 Å². The first-order valence-electron chi connectivity index (χ1n) is 13.3. The number of carbonyl (C=O) groups is 3. The Balaban J connectivity index is 1.56. The lowest BCUT2D eigenvalue weighted by Gasteiger charge is -2.38. The van der Waals surface area contributed by atoms with Crippen molar-refractivity contribution in [1.29, 1.82) is 0 Å². The maximum absolute atomic E-state index is 15.0. The highest BCUT2D eigenvalue weighted by molar-refractivity contribution is 7.12. The summed E-state index contributed by atoms with van der Waals surface area (Å²) in [6.45, 7) is 0. The SMILES string of the molecule is COc1ccc(OC)c(C(=O)[C@@H]2[C@H](C(=O)c3cccs3)N3C=Cc4ccccc4[C@H]3[C@]23C(=O)Nc2ccccc23)c1. The molecule has 3 aromatic carbocycles. The second-order valence-corrected chi connectivity index (χ2v) is 11.3. The number of para-hydroxylation sites is 1. The van der Waals surface area contributed by atoms with Crippen LogP contribution in [0.15, 0.2) is 90.4 Å². The molecule has 1 amide bonds. The zero-order valence-electron chi connectivity index (χ0n) is 22.4. The molecule has 7 nitrogen and oxygen atoms in total. The number of methoxy groups -OCH3 is 2. The molecule has 1 saturated heterocycles. The number of hydrogen-bond acceptors (Lipinski definition) is 7. The quantitative estimate of drug-likeness (QED) is 0.302. The van der Waals surface area contributed by atoms with Gasteiger partial charge in [0.1, 0.15) is 23.0 Å². The van der Waals surface area contributed by atoms with Gasteiger partial charge < -0.3 is 19.7 Å². The van der Waals surface area contributed by atoms with Crippen LogP contribution in [0.1, 0.15) is 42.8 Å². The number of carbonyl (C=O) groups excluding carboxylic acids is 3. The molecule has 4 atom stereocenters. The van der Waals surface area contributed by atoms with Crippen molar-refractivity contribution in [2.75, 3.05) is 19.5 Å². The van der Waals surface area contributed by atoms with Crippen molar-refractivity contribution in [1.82, 2.24) is 4.90 Å². The molecule has 204 valence electrons. The van der Waals surface area contributed by atoms with Crippen LogP contribution in [0.3, 0.4) is 0 Å². The largest absolute Gasteiger partial charge is 0.497 e. The molecule has 1 spiro atoms. The fourth-order valence-corrected chi connectivity index (χ4v) is 7.60. The van der Waals surface area contributed by atoms with Crippen molar-refractivity contribution >= 4 is 40.6 Å². The molecular weight excluding hydrogens is 536 g/mol. The van der Waals surface area contributed by atoms with Crippen LogP contribution in [0.5, 0.6) is 11.5 Å². The van der Waals surface area contributed by atoms with Gasteiger partial charge in [0.25, 0.3) is 0 Å². The monoisotopic (exact) mass is 562 g/mol. The molecule has 1 fully saturated rings. The predicted octanol–water partition coefficient (Wildman–Crippen LogP) is 5.75. The van der Waals surface area contributed by atoms with Crippen LogP contribution in [-0.4, -0.2) is 42.6 Å². The van der Waals surface area contributed by atoms with E-state index in [1.165, 1.54) is 25.6 Å². The third-order valence-corrected chi connectivity index (χ3v) is 9.44. The second kappa shape index (κ2) is 9.45. The zero-order valence-corrected chi connectivity index (χ0v) is 23.2. The van der Waals surface area contributed by atoms with E-state index in [0.29, 0.717) is 27.6 Å². The molecule has 0 unspecified atom stereocenters. The van der Waals surface area contributed by atoms with E-state index >= 15 is 4.79 Å². The van der Waals surface area contributed by atoms with Gasteiger partial charge in [-0.1, -0.05) is 48.5 Å². The van der Waals surface area contributed by atoms with Gasteiger partial charge in [-0.05, 0) is 58.5 Å². The summed E-state index contributed by atoms with van der Waals surface area (Å²) in [5.74, 6) is -1.13. The van der Waals surface area contributed by atoms with Gasteiger partial charge >= 0.3 is 0 Å². The van der Waals surface area contributed by atoms with Crippen LogP contribution >= 0.6 is 11.3 Å². The summed E-state index contributed by atoms with van der Waals surface area (Å²) in [4.78, 5) is 46.5. The molecule has 0 bridgehead atoms. The normalized spacial score (nSPS) is 23.5. The highest BCUT2D eigenvalue weighted by Gasteiger charge is 2.71. The maximum Gasteiger partial charge on any atom is 0.238 e. The molecule has 8 heteroatoms. The van der Waals surface area contributed by atoms with Gasteiger partial charge in [-0.2, -0.15) is 0 Å². The number of rotatable bonds is 6. The molecule has 4 aromatic rings. The number of fused-ring (bicyclic) bond motifs is 6. The third kappa shape index (κ3) is 3.47. The Morgan fingerprint density at radius 1 is 0.927 bits per heavy atom. The standard InChI is InChI=1S/C33H26N2O5S/c1-39-20-13-14-25(40-2)22(18-20)29(36)27-28(30(37)26-12-7-17-41-26)35-16-15-19-8-3-4-9-21(19)31(35)33(27)23-10-5-6-11-24(23)34-32(33)38/h3-18,27-28,31H,1-2H3,(H,34,38)/t27-,28+,31-,33+/m0/s1. The van der Waals surface area contributed by atoms with Crippen LogP contribution in [0, 0.1) is 5.92 Å². The van der Waals surface area contributed by atoms with Gasteiger partial charge in [0.2, 0.25) is 5.91 Å². The number of nitrogens with zero attached hydrogens (tertiary/aromatic N) is 1. The Morgan fingerprint density at radius 2 is 1.73 bits per heavy atom. The Labute approximate surface area is 241 Å². The molecule has 7 rings (SSSR count). The fraction of sp³-hybridized carbons (Fsp3) is 0.182. The predicted molar refractivity (Wildman–Crippen MR) is 157 cm³/mol. The Hall–Kier alpha value is -4.69. The number of benzene rings is 3. The molecule has 0 radical (unpaired) electrons. The molecule has 0 saturated carbocycles. The Bertz CT molecular complexity index is 1750. The number of thiophene rings is 1. The minimum atomic E-state index is -1.40. The van der Waals surface area contributed by atoms with Crippen molar-refractivity contribution in [3.8, 4) is 11.5 Å². The van der Waals surface area contributed by atoms with Crippen molar-refractivity contribution in [2.45, 2.75) is 17.5 Å². The molecule has 0 aliphatic carbocycles. The van der Waals surface area contributed by atoms with E-state index < -0.39 is 23.4 Å². The van der Waals surface area contributed by atoms with E-state index in [1.807, 2.05) is 77.2 Å². The van der Waals surface area contributed by atoms with E-state index in [4.69, 9.17) is 9.47 Å². The van der Waals surface area contributed by atoms with Gasteiger partial charge in [0, 0.05) is 11.9 Å². The lowest BCUT2D eigenvalue weighted by molar-refractivity contribution is -0.122. The summed E-state index contributed by atoms with van der Waals surface area (Å²) >= 11 is 1.33. The summed E-state index contributed by atoms with van der Waals surface area (Å²) < 4.78 is 11.1. The van der Waals surface area contributed by atoms with Crippen LogP contribution in [0.25, 0.3) is 6.08 Å². The Morgan fingerprint density at radius 3 is 2.51 bits per heavy atom. The van der Waals surface area contributed by atoms with Crippen LogP contribution in [0.4, 0.5) is 5.69 Å². The summed E-state index contributed by atoms with van der Waals surface area (Å²) in [5.41, 5.74) is 2.03. The summed E-state index contributed by atoms with van der Waals surface area (Å²) in [7, 11) is 3.02. The lowest BCUT2D eigenvalue weighted by Crippen LogP contribution is -2.49. The van der Waals surface area contributed by atoms with Crippen molar-refractivity contribution in [2.24, 2.45) is 5.92 Å². The van der Waals surface area contributed by atoms with Gasteiger partial charge in [0.05, 0.1) is 36.6 Å². The molecular formula is C33H26N2O5S. The van der Waals surface area contributed by atoms with Gasteiger partial charge in [-0.25, -0.2) is 0 Å². The van der Waals surface area contributed by atoms with Gasteiger partial charge in [-0.3, -0.25) is 14.4 Å². The number of anilines is 1. The van der Waals surface area contributed by atoms with Crippen molar-refractivity contribution < 1.29 is 23.9 Å². The van der Waals surface area contributed by atoms with Crippen LogP contribution < -0.4 is 14.8 Å². The van der Waals surface area contributed by atoms with E-state index in [1.54, 1.807) is 24.3 Å². The van der Waals surface area contributed by atoms with E-state index in [9.17, 15) is 9.59 Å². The molecule has 1 N–H and O–H groups in total. The molecule has 41 heavy (non-hydrogen) atoms. The summed E-state index contributed by atoms with van der Waals surface area (Å²) in [5, 5.41) is 4.91. The molecule has 3 aliphatic rings. The lowest BCUT2D eigenvalue weighted by atomic mass is 9.62. The topological polar surface area (TPSA) is 84.9 Å². The molecule has 4 heterocycles. The maximum atomic E-state index is 15.0. The first-order valence-corrected chi connectivity index (χ1v) is 14.2.